The zero-order chi connectivity index (χ0) is 16.4. The van der Waals surface area contributed by atoms with Gasteiger partial charge in [0.25, 0.3) is 0 Å². The summed E-state index contributed by atoms with van der Waals surface area (Å²) in [5, 5.41) is 20.5. The fraction of sp³-hybridized carbons (Fsp3) is 0.235. The number of rotatable bonds is 5. The van der Waals surface area contributed by atoms with Gasteiger partial charge in [-0.1, -0.05) is 42.5 Å². The Morgan fingerprint density at radius 3 is 2.04 bits per heavy atom. The van der Waals surface area contributed by atoms with Crippen molar-refractivity contribution in [3.63, 3.8) is 0 Å². The van der Waals surface area contributed by atoms with Gasteiger partial charge < -0.3 is 24.5 Å². The Bertz CT molecular complexity index is 583. The van der Waals surface area contributed by atoms with Crippen LogP contribution in [0.15, 0.2) is 48.5 Å². The molecule has 0 radical (unpaired) electrons. The molecule has 0 aliphatic heterocycles. The van der Waals surface area contributed by atoms with E-state index in [0.29, 0.717) is 18.8 Å². The number of hydrogen-bond acceptors (Lipinski definition) is 5. The van der Waals surface area contributed by atoms with Gasteiger partial charge in [0, 0.05) is 25.3 Å². The van der Waals surface area contributed by atoms with Gasteiger partial charge in [-0.3, -0.25) is 0 Å². The molecule has 0 atom stereocenters. The van der Waals surface area contributed by atoms with E-state index < -0.39 is 5.97 Å². The van der Waals surface area contributed by atoms with Gasteiger partial charge in [-0.25, -0.2) is 0 Å². The van der Waals surface area contributed by atoms with Gasteiger partial charge in [0.1, 0.15) is 5.75 Å². The molecule has 0 bridgehead atoms. The Labute approximate surface area is 148 Å². The summed E-state index contributed by atoms with van der Waals surface area (Å²) >= 11 is 0. The van der Waals surface area contributed by atoms with Crippen LogP contribution < -0.4 is 24.0 Å². The number of aromatic hydroxyl groups is 1. The molecule has 0 aliphatic rings. The molecule has 0 amide bonds. The standard InChI is InChI=1S/C13H10O3.C4H10O2.Li/c14-12-10(9-5-2-1-3-6-9)7-4-8-11(12)13(15)16;1-5-3-4-6-2;/h1-8,14H,(H,15,16);3-4H2,1-2H3;/q;;+1/p-1. The molecule has 0 saturated heterocycles. The number of carbonyl (C=O) groups excluding carboxylic acids is 1. The summed E-state index contributed by atoms with van der Waals surface area (Å²) in [6, 6.07) is 13.6. The third-order valence-electron chi connectivity index (χ3n) is 2.83. The second-order valence-corrected chi connectivity index (χ2v) is 4.34. The Morgan fingerprint density at radius 1 is 1.00 bits per heavy atom. The van der Waals surface area contributed by atoms with Crippen molar-refractivity contribution in [2.45, 2.75) is 0 Å². The fourth-order valence-corrected chi connectivity index (χ4v) is 1.73. The van der Waals surface area contributed by atoms with Crippen LogP contribution in [0.2, 0.25) is 0 Å². The van der Waals surface area contributed by atoms with E-state index >= 15 is 0 Å². The van der Waals surface area contributed by atoms with Crippen molar-refractivity contribution in [1.82, 2.24) is 0 Å². The number of benzene rings is 2. The minimum Gasteiger partial charge on any atom is -0.545 e. The molecule has 1 N–H and O–H groups in total. The predicted molar refractivity (Wildman–Crippen MR) is 81.6 cm³/mol. The summed E-state index contributed by atoms with van der Waals surface area (Å²) in [6.07, 6.45) is 0. The van der Waals surface area contributed by atoms with Crippen LogP contribution in [0.1, 0.15) is 10.4 Å². The smallest absolute Gasteiger partial charge is 0.545 e. The van der Waals surface area contributed by atoms with Crippen LogP contribution in [-0.4, -0.2) is 38.5 Å². The number of hydrogen-bond donors (Lipinski definition) is 1. The molecule has 2 aromatic carbocycles. The molecule has 6 heteroatoms. The summed E-state index contributed by atoms with van der Waals surface area (Å²) in [5.41, 5.74) is 1.06. The van der Waals surface area contributed by atoms with Crippen molar-refractivity contribution in [3.8, 4) is 16.9 Å². The van der Waals surface area contributed by atoms with Gasteiger partial charge in [0.05, 0.1) is 19.2 Å². The molecule has 2 aromatic rings. The number of carboxylic acid groups (broad SMARTS) is 1. The first-order chi connectivity index (χ1) is 10.6. The molecule has 0 spiro atoms. The van der Waals surface area contributed by atoms with Crippen LogP contribution in [0.25, 0.3) is 11.1 Å². The van der Waals surface area contributed by atoms with Crippen molar-refractivity contribution in [2.75, 3.05) is 27.4 Å². The number of phenols is 1. The molecule has 118 valence electrons. The molecule has 0 unspecified atom stereocenters. The number of para-hydroxylation sites is 1. The van der Waals surface area contributed by atoms with Crippen molar-refractivity contribution in [3.05, 3.63) is 54.1 Å². The maximum absolute atomic E-state index is 10.7. The van der Waals surface area contributed by atoms with Crippen LogP contribution in [0.3, 0.4) is 0 Å². The quantitative estimate of drug-likeness (QED) is 0.549. The second kappa shape index (κ2) is 11.7. The van der Waals surface area contributed by atoms with E-state index in [-0.39, 0.29) is 30.2 Å². The SMILES string of the molecule is COCCOC.O=C([O-])c1cccc(-c2ccccc2)c1O.[Li+]. The largest absolute Gasteiger partial charge is 1.00 e. The Balaban J connectivity index is 0.000000599. The van der Waals surface area contributed by atoms with Gasteiger partial charge in [-0.2, -0.15) is 0 Å². The van der Waals surface area contributed by atoms with E-state index in [4.69, 9.17) is 0 Å². The molecule has 2 rings (SSSR count). The summed E-state index contributed by atoms with van der Waals surface area (Å²) < 4.78 is 9.31. The van der Waals surface area contributed by atoms with Gasteiger partial charge in [0.15, 0.2) is 0 Å². The Kier molecular flexibility index (Phi) is 10.8. The molecular formula is C17H19LiO5. The van der Waals surface area contributed by atoms with E-state index in [1.165, 1.54) is 6.07 Å². The normalized spacial score (nSPS) is 9.30. The average molecular weight is 310 g/mol. The third kappa shape index (κ3) is 6.89. The zero-order valence-corrected chi connectivity index (χ0v) is 13.6. The summed E-state index contributed by atoms with van der Waals surface area (Å²) in [5.74, 6) is -1.64. The van der Waals surface area contributed by atoms with E-state index in [2.05, 4.69) is 9.47 Å². The van der Waals surface area contributed by atoms with E-state index in [9.17, 15) is 15.0 Å². The van der Waals surface area contributed by atoms with Crippen LogP contribution >= 0.6 is 0 Å². The minimum atomic E-state index is -1.38. The van der Waals surface area contributed by atoms with Crippen molar-refractivity contribution < 1.29 is 43.3 Å². The van der Waals surface area contributed by atoms with Crippen molar-refractivity contribution in [2.24, 2.45) is 0 Å². The zero-order valence-electron chi connectivity index (χ0n) is 13.6. The molecular weight excluding hydrogens is 291 g/mol. The van der Waals surface area contributed by atoms with E-state index in [1.54, 1.807) is 38.5 Å². The maximum Gasteiger partial charge on any atom is 1.00 e. The third-order valence-corrected chi connectivity index (χ3v) is 2.83. The van der Waals surface area contributed by atoms with Gasteiger partial charge in [-0.05, 0) is 11.6 Å². The number of methoxy groups -OCH3 is 2. The summed E-state index contributed by atoms with van der Waals surface area (Å²) in [6.45, 7) is 1.38. The molecule has 0 aliphatic carbocycles. The van der Waals surface area contributed by atoms with E-state index in [1.807, 2.05) is 18.2 Å². The average Bonchev–Trinajstić information content (AvgIpc) is 2.54. The first kappa shape index (κ1) is 21.2. The van der Waals surface area contributed by atoms with Gasteiger partial charge in [0.2, 0.25) is 0 Å². The van der Waals surface area contributed by atoms with Crippen LogP contribution in [-0.2, 0) is 9.47 Å². The maximum atomic E-state index is 10.7. The van der Waals surface area contributed by atoms with Gasteiger partial charge >= 0.3 is 18.9 Å². The van der Waals surface area contributed by atoms with Gasteiger partial charge in [-0.15, -0.1) is 0 Å². The summed E-state index contributed by atoms with van der Waals surface area (Å²) in [7, 11) is 3.30. The summed E-state index contributed by atoms with van der Waals surface area (Å²) in [4.78, 5) is 10.7. The molecule has 0 fully saturated rings. The molecule has 23 heavy (non-hydrogen) atoms. The molecule has 0 heterocycles. The predicted octanol–water partition coefficient (Wildman–Crippen LogP) is -1.29. The number of aromatic carboxylic acids is 1. The molecule has 5 nitrogen and oxygen atoms in total. The van der Waals surface area contributed by atoms with Crippen LogP contribution in [0.4, 0.5) is 0 Å². The molecule has 0 saturated carbocycles. The minimum absolute atomic E-state index is 0. The van der Waals surface area contributed by atoms with E-state index in [0.717, 1.165) is 5.56 Å². The number of carbonyl (C=O) groups is 1. The van der Waals surface area contributed by atoms with Crippen LogP contribution in [0.5, 0.6) is 5.75 Å². The topological polar surface area (TPSA) is 78.8 Å². The first-order valence-electron chi connectivity index (χ1n) is 6.68. The van der Waals surface area contributed by atoms with Crippen molar-refractivity contribution in [1.29, 1.82) is 0 Å². The monoisotopic (exact) mass is 310 g/mol. The molecule has 0 aromatic heterocycles. The Hall–Kier alpha value is -1.77. The number of ether oxygens (including phenoxy) is 2. The second-order valence-electron chi connectivity index (χ2n) is 4.34. The first-order valence-corrected chi connectivity index (χ1v) is 6.68. The fourth-order valence-electron chi connectivity index (χ4n) is 1.73. The van der Waals surface area contributed by atoms with Crippen LogP contribution in [0, 0.1) is 0 Å². The Morgan fingerprint density at radius 2 is 1.57 bits per heavy atom. The number of carboxylic acids is 1. The van der Waals surface area contributed by atoms with Crippen molar-refractivity contribution >= 4 is 5.97 Å².